The van der Waals surface area contributed by atoms with Gasteiger partial charge in [0.25, 0.3) is 0 Å². The number of fused-ring (bicyclic) bond motifs is 1. The van der Waals surface area contributed by atoms with Crippen molar-refractivity contribution >= 4 is 16.6 Å². The number of hydrogen-bond donors (Lipinski definition) is 0. The summed E-state index contributed by atoms with van der Waals surface area (Å²) in [5.41, 5.74) is 5.07. The van der Waals surface area contributed by atoms with Gasteiger partial charge in [0.2, 0.25) is 0 Å². The summed E-state index contributed by atoms with van der Waals surface area (Å²) in [4.78, 5) is 0. The fourth-order valence-corrected chi connectivity index (χ4v) is 2.74. The van der Waals surface area contributed by atoms with Crippen LogP contribution in [0.15, 0.2) is 66.7 Å². The molecule has 0 saturated carbocycles. The van der Waals surface area contributed by atoms with Crippen molar-refractivity contribution < 1.29 is 0 Å². The molecule has 0 aliphatic rings. The molecular formula is C19H19N. The Morgan fingerprint density at radius 3 is 2.45 bits per heavy atom. The third-order valence-electron chi connectivity index (χ3n) is 3.63. The molecule has 0 aliphatic carbocycles. The van der Waals surface area contributed by atoms with E-state index in [9.17, 15) is 0 Å². The lowest BCUT2D eigenvalue weighted by molar-refractivity contribution is 1.11. The zero-order valence-electron chi connectivity index (χ0n) is 12.0. The fraction of sp³-hybridized carbons (Fsp3) is 0.158. The Labute approximate surface area is 120 Å². The number of nitrogens with zero attached hydrogens (tertiary/aromatic N) is 1. The maximum absolute atomic E-state index is 2.36. The van der Waals surface area contributed by atoms with Crippen LogP contribution in [0.3, 0.4) is 0 Å². The summed E-state index contributed by atoms with van der Waals surface area (Å²) in [5.74, 6) is 0. The number of para-hydroxylation sites is 1. The average Bonchev–Trinajstić information content (AvgIpc) is 2.88. The van der Waals surface area contributed by atoms with Crippen LogP contribution in [-0.2, 0) is 0 Å². The van der Waals surface area contributed by atoms with Gasteiger partial charge in [0.05, 0.1) is 11.2 Å². The first-order valence-electron chi connectivity index (χ1n) is 7.14. The largest absolute Gasteiger partial charge is 0.314 e. The van der Waals surface area contributed by atoms with Crippen LogP contribution < -0.4 is 0 Å². The highest BCUT2D eigenvalue weighted by atomic mass is 15.0. The number of allylic oxidation sites excluding steroid dienone is 2. The van der Waals surface area contributed by atoms with Crippen molar-refractivity contribution in [1.29, 1.82) is 0 Å². The van der Waals surface area contributed by atoms with Gasteiger partial charge in [-0.15, -0.1) is 0 Å². The first kappa shape index (κ1) is 12.7. The third kappa shape index (κ3) is 2.16. The Morgan fingerprint density at radius 1 is 1.00 bits per heavy atom. The van der Waals surface area contributed by atoms with Crippen LogP contribution in [0.5, 0.6) is 0 Å². The summed E-state index contributed by atoms with van der Waals surface area (Å²) in [5, 5.41) is 1.29. The molecule has 1 aromatic heterocycles. The van der Waals surface area contributed by atoms with Crippen LogP contribution in [0.2, 0.25) is 0 Å². The highest BCUT2D eigenvalue weighted by Crippen LogP contribution is 2.31. The standard InChI is InChI=1S/C19H19N/c1-3-9-15(2)20-18-13-8-7-12-17(18)14-19(20)16-10-5-4-6-11-16/h4-14H,3H2,1-2H3/b15-9+. The van der Waals surface area contributed by atoms with E-state index in [-0.39, 0.29) is 0 Å². The first-order valence-corrected chi connectivity index (χ1v) is 7.14. The molecule has 3 rings (SSSR count). The highest BCUT2D eigenvalue weighted by Gasteiger charge is 2.10. The van der Waals surface area contributed by atoms with Gasteiger partial charge < -0.3 is 4.57 Å². The lowest BCUT2D eigenvalue weighted by Crippen LogP contribution is -1.96. The van der Waals surface area contributed by atoms with E-state index in [2.05, 4.69) is 85.2 Å². The molecule has 0 fully saturated rings. The van der Waals surface area contributed by atoms with Gasteiger partial charge in [-0.05, 0) is 31.0 Å². The molecule has 20 heavy (non-hydrogen) atoms. The minimum atomic E-state index is 1.05. The normalized spacial score (nSPS) is 12.0. The summed E-state index contributed by atoms with van der Waals surface area (Å²) in [6, 6.07) is 21.4. The zero-order chi connectivity index (χ0) is 13.9. The first-order chi connectivity index (χ1) is 9.81. The van der Waals surface area contributed by atoms with Gasteiger partial charge in [-0.25, -0.2) is 0 Å². The Morgan fingerprint density at radius 2 is 1.70 bits per heavy atom. The molecule has 0 saturated heterocycles. The molecular weight excluding hydrogens is 242 g/mol. The van der Waals surface area contributed by atoms with Crippen molar-refractivity contribution in [2.75, 3.05) is 0 Å². The molecule has 0 amide bonds. The zero-order valence-corrected chi connectivity index (χ0v) is 12.0. The second-order valence-corrected chi connectivity index (χ2v) is 5.04. The average molecular weight is 261 g/mol. The van der Waals surface area contributed by atoms with Gasteiger partial charge in [-0.3, -0.25) is 0 Å². The minimum absolute atomic E-state index is 1.05. The molecule has 2 aromatic carbocycles. The van der Waals surface area contributed by atoms with E-state index in [1.807, 2.05) is 0 Å². The second kappa shape index (κ2) is 5.38. The van der Waals surface area contributed by atoms with Crippen molar-refractivity contribution in [1.82, 2.24) is 4.57 Å². The Hall–Kier alpha value is -2.28. The second-order valence-electron chi connectivity index (χ2n) is 5.04. The monoisotopic (exact) mass is 261 g/mol. The van der Waals surface area contributed by atoms with Gasteiger partial charge in [-0.1, -0.05) is 61.5 Å². The van der Waals surface area contributed by atoms with Crippen LogP contribution >= 0.6 is 0 Å². The van der Waals surface area contributed by atoms with E-state index in [0.29, 0.717) is 0 Å². The molecule has 0 N–H and O–H groups in total. The van der Waals surface area contributed by atoms with Gasteiger partial charge >= 0.3 is 0 Å². The molecule has 100 valence electrons. The molecule has 1 heterocycles. The van der Waals surface area contributed by atoms with Crippen LogP contribution in [0.4, 0.5) is 0 Å². The van der Waals surface area contributed by atoms with E-state index < -0.39 is 0 Å². The SMILES string of the molecule is CC/C=C(\C)n1c(-c2ccccc2)cc2ccccc21. The van der Waals surface area contributed by atoms with Crippen LogP contribution in [-0.4, -0.2) is 4.57 Å². The maximum Gasteiger partial charge on any atom is 0.0537 e. The van der Waals surface area contributed by atoms with E-state index in [1.54, 1.807) is 0 Å². The van der Waals surface area contributed by atoms with Crippen LogP contribution in [0.25, 0.3) is 27.9 Å². The lowest BCUT2D eigenvalue weighted by atomic mass is 10.1. The smallest absolute Gasteiger partial charge is 0.0537 e. The van der Waals surface area contributed by atoms with Gasteiger partial charge in [0, 0.05) is 11.1 Å². The molecule has 1 heteroatoms. The fourth-order valence-electron chi connectivity index (χ4n) is 2.74. The topological polar surface area (TPSA) is 4.93 Å². The van der Waals surface area contributed by atoms with Gasteiger partial charge in [0.15, 0.2) is 0 Å². The van der Waals surface area contributed by atoms with Gasteiger partial charge in [-0.2, -0.15) is 0 Å². The van der Waals surface area contributed by atoms with Crippen molar-refractivity contribution in [3.63, 3.8) is 0 Å². The van der Waals surface area contributed by atoms with Crippen molar-refractivity contribution in [3.05, 3.63) is 66.7 Å². The molecule has 0 aliphatic heterocycles. The Kier molecular flexibility index (Phi) is 3.42. The highest BCUT2D eigenvalue weighted by molar-refractivity contribution is 5.90. The van der Waals surface area contributed by atoms with Crippen LogP contribution in [0.1, 0.15) is 20.3 Å². The van der Waals surface area contributed by atoms with Crippen molar-refractivity contribution in [2.24, 2.45) is 0 Å². The van der Waals surface area contributed by atoms with E-state index in [4.69, 9.17) is 0 Å². The summed E-state index contributed by atoms with van der Waals surface area (Å²) in [6.45, 7) is 4.36. The number of rotatable bonds is 3. The lowest BCUT2D eigenvalue weighted by Gasteiger charge is -2.11. The Bertz CT molecular complexity index is 748. The predicted molar refractivity (Wildman–Crippen MR) is 87.6 cm³/mol. The molecule has 3 aromatic rings. The minimum Gasteiger partial charge on any atom is -0.314 e. The predicted octanol–water partition coefficient (Wildman–Crippen LogP) is 5.58. The molecule has 0 spiro atoms. The molecule has 0 atom stereocenters. The summed E-state index contributed by atoms with van der Waals surface area (Å²) in [7, 11) is 0. The van der Waals surface area contributed by atoms with Gasteiger partial charge in [0.1, 0.15) is 0 Å². The van der Waals surface area contributed by atoms with E-state index in [1.165, 1.54) is 27.9 Å². The quantitative estimate of drug-likeness (QED) is 0.580. The van der Waals surface area contributed by atoms with Crippen molar-refractivity contribution in [2.45, 2.75) is 20.3 Å². The van der Waals surface area contributed by atoms with Crippen molar-refractivity contribution in [3.8, 4) is 11.3 Å². The van der Waals surface area contributed by atoms with E-state index >= 15 is 0 Å². The molecule has 0 radical (unpaired) electrons. The number of benzene rings is 2. The molecule has 1 nitrogen and oxygen atoms in total. The maximum atomic E-state index is 2.36. The number of hydrogen-bond acceptors (Lipinski definition) is 0. The summed E-state index contributed by atoms with van der Waals surface area (Å²) in [6.07, 6.45) is 3.32. The third-order valence-corrected chi connectivity index (χ3v) is 3.63. The Balaban J connectivity index is 2.31. The summed E-state index contributed by atoms with van der Waals surface area (Å²) < 4.78 is 2.36. The number of aromatic nitrogens is 1. The molecule has 0 bridgehead atoms. The summed E-state index contributed by atoms with van der Waals surface area (Å²) >= 11 is 0. The van der Waals surface area contributed by atoms with E-state index in [0.717, 1.165) is 6.42 Å². The molecule has 0 unspecified atom stereocenters. The van der Waals surface area contributed by atoms with Crippen LogP contribution in [0, 0.1) is 0 Å².